The van der Waals surface area contributed by atoms with Crippen LogP contribution < -0.4 is 14.8 Å². The topological polar surface area (TPSA) is 73.3 Å². The van der Waals surface area contributed by atoms with Crippen LogP contribution in [0.2, 0.25) is 0 Å². The molecule has 1 amide bonds. The Hall–Kier alpha value is -2.93. The monoisotopic (exact) mass is 397 g/mol. The van der Waals surface area contributed by atoms with Gasteiger partial charge in [0.1, 0.15) is 23.1 Å². The molecule has 0 bridgehead atoms. The van der Waals surface area contributed by atoms with E-state index in [-0.39, 0.29) is 5.91 Å². The molecule has 0 atom stereocenters. The van der Waals surface area contributed by atoms with Crippen molar-refractivity contribution in [3.63, 3.8) is 0 Å². The molecule has 2 heterocycles. The van der Waals surface area contributed by atoms with Gasteiger partial charge in [0, 0.05) is 24.0 Å². The number of carbonyl (C=O) groups excluding carboxylic acids is 1. The molecule has 0 radical (unpaired) electrons. The van der Waals surface area contributed by atoms with Gasteiger partial charge in [0.2, 0.25) is 5.91 Å². The Labute approximate surface area is 168 Å². The highest BCUT2D eigenvalue weighted by atomic mass is 32.1. The summed E-state index contributed by atoms with van der Waals surface area (Å²) in [5, 5.41) is 5.84. The fourth-order valence-electron chi connectivity index (χ4n) is 2.54. The fourth-order valence-corrected chi connectivity index (χ4v) is 3.28. The molecule has 0 unspecified atom stereocenters. The number of amides is 1. The van der Waals surface area contributed by atoms with Crippen molar-refractivity contribution in [2.45, 2.75) is 26.4 Å². The molecule has 0 fully saturated rings. The van der Waals surface area contributed by atoms with E-state index < -0.39 is 0 Å². The summed E-state index contributed by atoms with van der Waals surface area (Å²) in [5.74, 6) is 1.51. The van der Waals surface area contributed by atoms with E-state index in [9.17, 15) is 4.79 Å². The summed E-state index contributed by atoms with van der Waals surface area (Å²) >= 11 is 1.56. The zero-order chi connectivity index (χ0) is 19.8. The summed E-state index contributed by atoms with van der Waals surface area (Å²) in [6.45, 7) is 2.91. The number of nitrogens with one attached hydrogen (secondary N) is 1. The van der Waals surface area contributed by atoms with Crippen LogP contribution in [0.3, 0.4) is 0 Å². The van der Waals surface area contributed by atoms with Gasteiger partial charge in [-0.1, -0.05) is 12.1 Å². The van der Waals surface area contributed by atoms with Crippen LogP contribution in [-0.4, -0.2) is 29.5 Å². The second kappa shape index (κ2) is 9.85. The van der Waals surface area contributed by atoms with Crippen molar-refractivity contribution < 1.29 is 14.3 Å². The molecule has 0 saturated carbocycles. The summed E-state index contributed by atoms with van der Waals surface area (Å²) < 4.78 is 10.8. The molecule has 3 aromatic rings. The first-order valence-corrected chi connectivity index (χ1v) is 9.88. The molecule has 0 aliphatic rings. The Morgan fingerprint density at radius 3 is 2.64 bits per heavy atom. The molecule has 28 heavy (non-hydrogen) atoms. The number of ether oxygens (including phenoxy) is 2. The Morgan fingerprint density at radius 1 is 1.14 bits per heavy atom. The van der Waals surface area contributed by atoms with Crippen molar-refractivity contribution in [2.75, 3.05) is 13.7 Å². The van der Waals surface area contributed by atoms with Crippen LogP contribution in [0.15, 0.2) is 48.0 Å². The van der Waals surface area contributed by atoms with Crippen LogP contribution in [0.4, 0.5) is 0 Å². The molecule has 0 aliphatic heterocycles. The lowest BCUT2D eigenvalue weighted by Crippen LogP contribution is -2.27. The third kappa shape index (κ3) is 6.06. The molecule has 1 aromatic carbocycles. The third-order valence-corrected chi connectivity index (χ3v) is 4.94. The van der Waals surface area contributed by atoms with Gasteiger partial charge in [-0.05, 0) is 36.8 Å². The molecule has 7 heteroatoms. The first kappa shape index (κ1) is 19.8. The van der Waals surface area contributed by atoms with Crippen LogP contribution in [0.1, 0.15) is 22.0 Å². The number of benzene rings is 1. The largest absolute Gasteiger partial charge is 0.497 e. The van der Waals surface area contributed by atoms with Crippen LogP contribution in [0, 0.1) is 6.92 Å². The normalized spacial score (nSPS) is 10.5. The minimum Gasteiger partial charge on any atom is -0.497 e. The molecule has 0 aliphatic carbocycles. The number of pyridine rings is 1. The maximum Gasteiger partial charge on any atom is 0.224 e. The lowest BCUT2D eigenvalue weighted by atomic mass is 10.1. The van der Waals surface area contributed by atoms with Crippen molar-refractivity contribution in [1.29, 1.82) is 0 Å². The second-order valence-corrected chi connectivity index (χ2v) is 7.22. The Kier molecular flexibility index (Phi) is 6.97. The highest BCUT2D eigenvalue weighted by Crippen LogP contribution is 2.15. The maximum atomic E-state index is 12.1. The van der Waals surface area contributed by atoms with Crippen molar-refractivity contribution in [3.05, 3.63) is 69.9 Å². The van der Waals surface area contributed by atoms with Gasteiger partial charge in [-0.25, -0.2) is 4.98 Å². The second-order valence-electron chi connectivity index (χ2n) is 6.28. The fraction of sp³-hybridized carbons (Fsp3) is 0.286. The summed E-state index contributed by atoms with van der Waals surface area (Å²) in [7, 11) is 1.62. The minimum atomic E-state index is -0.00387. The van der Waals surface area contributed by atoms with E-state index in [0.717, 1.165) is 33.5 Å². The van der Waals surface area contributed by atoms with Crippen LogP contribution in [0.25, 0.3) is 0 Å². The Morgan fingerprint density at radius 2 is 1.93 bits per heavy atom. The number of nitrogens with zero attached hydrogens (tertiary/aromatic N) is 2. The average molecular weight is 398 g/mol. The number of thiazole rings is 1. The zero-order valence-electron chi connectivity index (χ0n) is 16.0. The van der Waals surface area contributed by atoms with E-state index in [1.54, 1.807) is 24.6 Å². The van der Waals surface area contributed by atoms with Gasteiger partial charge in [-0.3, -0.25) is 9.78 Å². The van der Waals surface area contributed by atoms with Gasteiger partial charge in [-0.15, -0.1) is 11.3 Å². The molecule has 0 saturated heterocycles. The smallest absolute Gasteiger partial charge is 0.224 e. The van der Waals surface area contributed by atoms with E-state index in [1.165, 1.54) is 0 Å². The lowest BCUT2D eigenvalue weighted by molar-refractivity contribution is -0.120. The summed E-state index contributed by atoms with van der Waals surface area (Å²) in [5.41, 5.74) is 2.87. The molecule has 1 N–H and O–H groups in total. The summed E-state index contributed by atoms with van der Waals surface area (Å²) in [6, 6.07) is 11.3. The molecule has 6 nitrogen and oxygen atoms in total. The number of hydrogen-bond acceptors (Lipinski definition) is 6. The summed E-state index contributed by atoms with van der Waals surface area (Å²) in [6.07, 6.45) is 2.75. The van der Waals surface area contributed by atoms with Crippen molar-refractivity contribution in [1.82, 2.24) is 15.3 Å². The minimum absolute atomic E-state index is 0.00387. The van der Waals surface area contributed by atoms with Crippen molar-refractivity contribution >= 4 is 17.2 Å². The third-order valence-electron chi connectivity index (χ3n) is 4.07. The quantitative estimate of drug-likeness (QED) is 0.600. The van der Waals surface area contributed by atoms with Gasteiger partial charge in [0.15, 0.2) is 0 Å². The first-order valence-electron chi connectivity index (χ1n) is 9.01. The van der Waals surface area contributed by atoms with Crippen molar-refractivity contribution in [2.24, 2.45) is 0 Å². The van der Waals surface area contributed by atoms with Gasteiger partial charge in [-0.2, -0.15) is 0 Å². The van der Waals surface area contributed by atoms with E-state index >= 15 is 0 Å². The molecule has 0 spiro atoms. The molecular formula is C21H23N3O3S. The first-order chi connectivity index (χ1) is 13.6. The summed E-state index contributed by atoms with van der Waals surface area (Å²) in [4.78, 5) is 20.8. The maximum absolute atomic E-state index is 12.1. The van der Waals surface area contributed by atoms with Gasteiger partial charge < -0.3 is 14.8 Å². The van der Waals surface area contributed by atoms with Crippen LogP contribution >= 0.6 is 11.3 Å². The van der Waals surface area contributed by atoms with E-state index in [1.807, 2.05) is 48.7 Å². The lowest BCUT2D eigenvalue weighted by Gasteiger charge is -2.05. The Balaban J connectivity index is 1.38. The Bertz CT molecular complexity index is 892. The predicted molar refractivity (Wildman–Crippen MR) is 109 cm³/mol. The standard InChI is InChI=1S/C21H23N3O3S/c1-15-3-6-19(12-23-15)27-13-21-24-17(14-28-21)9-10-22-20(25)11-16-4-7-18(26-2)8-5-16/h3-8,12,14H,9-11,13H2,1-2H3,(H,22,25). The molecular weight excluding hydrogens is 374 g/mol. The van der Waals surface area contributed by atoms with E-state index in [4.69, 9.17) is 9.47 Å². The molecule has 3 rings (SSSR count). The highest BCUT2D eigenvalue weighted by Gasteiger charge is 2.06. The van der Waals surface area contributed by atoms with Gasteiger partial charge in [0.25, 0.3) is 0 Å². The van der Waals surface area contributed by atoms with E-state index in [0.29, 0.717) is 26.0 Å². The number of aryl methyl sites for hydroxylation is 1. The molecule has 2 aromatic heterocycles. The number of carbonyl (C=O) groups is 1. The van der Waals surface area contributed by atoms with Gasteiger partial charge in [0.05, 0.1) is 25.4 Å². The van der Waals surface area contributed by atoms with Crippen molar-refractivity contribution in [3.8, 4) is 11.5 Å². The van der Waals surface area contributed by atoms with Gasteiger partial charge >= 0.3 is 0 Å². The zero-order valence-corrected chi connectivity index (χ0v) is 16.8. The number of hydrogen-bond donors (Lipinski definition) is 1. The van der Waals surface area contributed by atoms with Crippen LogP contribution in [-0.2, 0) is 24.2 Å². The number of aromatic nitrogens is 2. The average Bonchev–Trinajstić information content (AvgIpc) is 3.16. The number of methoxy groups -OCH3 is 1. The predicted octanol–water partition coefficient (Wildman–Crippen LogP) is 3.34. The van der Waals surface area contributed by atoms with Crippen LogP contribution in [0.5, 0.6) is 11.5 Å². The highest BCUT2D eigenvalue weighted by molar-refractivity contribution is 7.09. The van der Waals surface area contributed by atoms with E-state index in [2.05, 4.69) is 15.3 Å². The SMILES string of the molecule is COc1ccc(CC(=O)NCCc2csc(COc3ccc(C)nc3)n2)cc1. The molecule has 146 valence electrons. The number of rotatable bonds is 9.